The molecule has 4 rings (SSSR count). The van der Waals surface area contributed by atoms with Crippen molar-refractivity contribution in [2.45, 2.75) is 33.2 Å². The second-order valence-electron chi connectivity index (χ2n) is 6.72. The van der Waals surface area contributed by atoms with Crippen LogP contribution in [0.5, 0.6) is 0 Å². The van der Waals surface area contributed by atoms with Crippen LogP contribution in [-0.2, 0) is 4.79 Å². The molecule has 1 aliphatic heterocycles. The molecule has 1 aliphatic rings. The van der Waals surface area contributed by atoms with E-state index in [1.165, 1.54) is 4.88 Å². The Balaban J connectivity index is 1.91. The van der Waals surface area contributed by atoms with Crippen molar-refractivity contribution < 1.29 is 14.4 Å². The maximum atomic E-state index is 11.5. The fourth-order valence-corrected chi connectivity index (χ4v) is 4.72. The number of carbonyl (C=O) groups is 1. The summed E-state index contributed by atoms with van der Waals surface area (Å²) in [5.41, 5.74) is 4.45. The second-order valence-corrected chi connectivity index (χ2v) is 8.38. The van der Waals surface area contributed by atoms with Gasteiger partial charge in [0.1, 0.15) is 11.9 Å². The van der Waals surface area contributed by atoms with Crippen molar-refractivity contribution in [2.75, 3.05) is 5.32 Å². The van der Waals surface area contributed by atoms with Crippen molar-refractivity contribution in [3.05, 3.63) is 56.7 Å². The highest BCUT2D eigenvalue weighted by atomic mass is 35.5. The number of carboxylic acid groups (broad SMARTS) is 1. The average molecular weight is 416 g/mol. The largest absolute Gasteiger partial charge is 0.481 e. The molecule has 1 atom stereocenters. The van der Waals surface area contributed by atoms with Gasteiger partial charge in [0.05, 0.1) is 22.6 Å². The van der Waals surface area contributed by atoms with Gasteiger partial charge in [-0.25, -0.2) is 0 Å². The number of carboxylic acids is 1. The van der Waals surface area contributed by atoms with Crippen LogP contribution in [0.4, 0.5) is 5.69 Å². The third kappa shape index (κ3) is 3.21. The zero-order chi connectivity index (χ0) is 20.0. The van der Waals surface area contributed by atoms with Gasteiger partial charge in [-0.1, -0.05) is 16.8 Å². The lowest BCUT2D eigenvalue weighted by Gasteiger charge is -2.13. The number of amidine groups is 1. The first-order chi connectivity index (χ1) is 13.3. The first-order valence-corrected chi connectivity index (χ1v) is 9.93. The van der Waals surface area contributed by atoms with E-state index in [1.54, 1.807) is 23.5 Å². The molecule has 3 heterocycles. The highest BCUT2D eigenvalue weighted by molar-refractivity contribution is 7.16. The first kappa shape index (κ1) is 18.7. The monoisotopic (exact) mass is 415 g/mol. The van der Waals surface area contributed by atoms with Gasteiger partial charge < -0.3 is 14.9 Å². The summed E-state index contributed by atoms with van der Waals surface area (Å²) >= 11 is 7.63. The van der Waals surface area contributed by atoms with Crippen molar-refractivity contribution in [1.82, 2.24) is 5.16 Å². The number of thiophene rings is 1. The number of halogens is 1. The number of nitrogens with zero attached hydrogens (tertiary/aromatic N) is 2. The summed E-state index contributed by atoms with van der Waals surface area (Å²) < 4.78 is 5.54. The third-order valence-corrected chi connectivity index (χ3v) is 6.28. The van der Waals surface area contributed by atoms with Gasteiger partial charge in [-0.05, 0) is 50.6 Å². The minimum Gasteiger partial charge on any atom is -0.481 e. The van der Waals surface area contributed by atoms with E-state index in [9.17, 15) is 9.90 Å². The number of nitrogens with one attached hydrogen (secondary N) is 1. The number of benzene rings is 1. The van der Waals surface area contributed by atoms with Crippen molar-refractivity contribution in [2.24, 2.45) is 4.99 Å². The topological polar surface area (TPSA) is 87.7 Å². The average Bonchev–Trinajstić information content (AvgIpc) is 3.11. The number of aromatic nitrogens is 1. The number of aliphatic carboxylic acids is 1. The number of aliphatic imine (C=N–C) groups is 1. The summed E-state index contributed by atoms with van der Waals surface area (Å²) in [7, 11) is 0. The van der Waals surface area contributed by atoms with Crippen LogP contribution in [0.25, 0.3) is 10.4 Å². The second kappa shape index (κ2) is 7.07. The van der Waals surface area contributed by atoms with E-state index in [4.69, 9.17) is 21.1 Å². The Hall–Kier alpha value is -2.64. The summed E-state index contributed by atoms with van der Waals surface area (Å²) in [6.45, 7) is 5.97. The molecule has 2 aromatic heterocycles. The molecule has 2 N–H and O–H groups in total. The summed E-state index contributed by atoms with van der Waals surface area (Å²) in [6, 6.07) is 6.64. The number of aryl methyl sites for hydroxylation is 2. The van der Waals surface area contributed by atoms with Crippen LogP contribution in [0.1, 0.15) is 39.9 Å². The lowest BCUT2D eigenvalue weighted by molar-refractivity contribution is -0.137. The summed E-state index contributed by atoms with van der Waals surface area (Å²) in [4.78, 5) is 18.4. The maximum absolute atomic E-state index is 11.5. The lowest BCUT2D eigenvalue weighted by atomic mass is 10.0. The molecule has 6 nitrogen and oxygen atoms in total. The van der Waals surface area contributed by atoms with E-state index >= 15 is 0 Å². The van der Waals surface area contributed by atoms with Gasteiger partial charge in [-0.15, -0.1) is 11.3 Å². The Kier molecular flexibility index (Phi) is 4.72. The van der Waals surface area contributed by atoms with E-state index < -0.39 is 12.0 Å². The lowest BCUT2D eigenvalue weighted by Crippen LogP contribution is -2.16. The highest BCUT2D eigenvalue weighted by Gasteiger charge is 2.33. The number of hydrogen-bond donors (Lipinski definition) is 2. The van der Waals surface area contributed by atoms with E-state index in [-0.39, 0.29) is 6.42 Å². The number of hydrogen-bond acceptors (Lipinski definition) is 6. The molecule has 3 aromatic rings. The van der Waals surface area contributed by atoms with Gasteiger partial charge in [0.25, 0.3) is 0 Å². The Morgan fingerprint density at radius 2 is 1.96 bits per heavy atom. The predicted octanol–water partition coefficient (Wildman–Crippen LogP) is 5.37. The van der Waals surface area contributed by atoms with E-state index in [0.717, 1.165) is 32.9 Å². The Morgan fingerprint density at radius 1 is 1.25 bits per heavy atom. The first-order valence-electron chi connectivity index (χ1n) is 8.74. The standard InChI is InChI=1S/C20H18ClN3O3S/c1-9-11(3)28-19-16(9)20(22-13-6-4-12(21)5-7-13)23-14(8-15(25)26)18-17(19)10(2)24-27-18/h4-7,14H,8H2,1-3H3,(H,22,23)(H,25,26)/t14-/m0/s1. The molecule has 28 heavy (non-hydrogen) atoms. The van der Waals surface area contributed by atoms with Gasteiger partial charge >= 0.3 is 5.97 Å². The Labute approximate surface area is 170 Å². The van der Waals surface area contributed by atoms with E-state index in [2.05, 4.69) is 17.4 Å². The van der Waals surface area contributed by atoms with Gasteiger partial charge in [0, 0.05) is 21.2 Å². The fourth-order valence-electron chi connectivity index (χ4n) is 3.33. The molecule has 0 unspecified atom stereocenters. The third-order valence-electron chi connectivity index (χ3n) is 4.80. The maximum Gasteiger partial charge on any atom is 0.306 e. The van der Waals surface area contributed by atoms with Crippen molar-refractivity contribution in [1.29, 1.82) is 0 Å². The molecule has 0 bridgehead atoms. The minimum atomic E-state index is -0.947. The van der Waals surface area contributed by atoms with Gasteiger partial charge in [-0.2, -0.15) is 0 Å². The van der Waals surface area contributed by atoms with Crippen molar-refractivity contribution >= 4 is 40.4 Å². The number of fused-ring (bicyclic) bond motifs is 3. The molecule has 144 valence electrons. The number of rotatable bonds is 3. The molecular formula is C20H18ClN3O3S. The van der Waals surface area contributed by atoms with Crippen LogP contribution in [-0.4, -0.2) is 22.1 Å². The zero-order valence-corrected chi connectivity index (χ0v) is 17.1. The van der Waals surface area contributed by atoms with Crippen LogP contribution in [0.2, 0.25) is 5.02 Å². The molecule has 0 saturated carbocycles. The quantitative estimate of drug-likeness (QED) is 0.600. The summed E-state index contributed by atoms with van der Waals surface area (Å²) in [5.74, 6) is 0.171. The molecule has 0 spiro atoms. The minimum absolute atomic E-state index is 0.180. The Bertz CT molecular complexity index is 1100. The Morgan fingerprint density at radius 3 is 2.64 bits per heavy atom. The molecule has 0 radical (unpaired) electrons. The molecule has 0 amide bonds. The van der Waals surface area contributed by atoms with Crippen LogP contribution in [0.15, 0.2) is 33.8 Å². The molecule has 0 aliphatic carbocycles. The summed E-state index contributed by atoms with van der Waals surface area (Å²) in [5, 5.41) is 17.5. The van der Waals surface area contributed by atoms with Gasteiger partial charge in [0.2, 0.25) is 0 Å². The summed E-state index contributed by atoms with van der Waals surface area (Å²) in [6.07, 6.45) is -0.180. The molecule has 1 aromatic carbocycles. The smallest absolute Gasteiger partial charge is 0.306 e. The molecule has 0 saturated heterocycles. The predicted molar refractivity (Wildman–Crippen MR) is 111 cm³/mol. The zero-order valence-electron chi connectivity index (χ0n) is 15.5. The fraction of sp³-hybridized carbons (Fsp3) is 0.250. The van der Waals surface area contributed by atoms with Crippen molar-refractivity contribution in [3.63, 3.8) is 0 Å². The van der Waals surface area contributed by atoms with Crippen LogP contribution < -0.4 is 5.32 Å². The van der Waals surface area contributed by atoms with E-state index in [0.29, 0.717) is 16.6 Å². The van der Waals surface area contributed by atoms with Gasteiger partial charge in [0.15, 0.2) is 5.76 Å². The van der Waals surface area contributed by atoms with Crippen molar-refractivity contribution in [3.8, 4) is 10.4 Å². The molecule has 8 heteroatoms. The molecular weight excluding hydrogens is 398 g/mol. The number of anilines is 1. The van der Waals surface area contributed by atoms with Crippen LogP contribution in [0.3, 0.4) is 0 Å². The highest BCUT2D eigenvalue weighted by Crippen LogP contribution is 2.45. The van der Waals surface area contributed by atoms with E-state index in [1.807, 2.05) is 26.0 Å². The van der Waals surface area contributed by atoms with Gasteiger partial charge in [-0.3, -0.25) is 9.79 Å². The van der Waals surface area contributed by atoms with Crippen LogP contribution >= 0.6 is 22.9 Å². The van der Waals surface area contributed by atoms with Crippen LogP contribution in [0, 0.1) is 20.8 Å². The normalized spacial score (nSPS) is 15.4. The molecule has 0 fully saturated rings. The SMILES string of the molecule is Cc1noc2c1-c1sc(C)c(C)c1C(Nc1ccc(Cl)cc1)=N[C@H]2CC(=O)O.